The second-order valence-electron chi connectivity index (χ2n) is 7.20. The van der Waals surface area contributed by atoms with Crippen LogP contribution >= 0.6 is 34.8 Å². The highest BCUT2D eigenvalue weighted by Crippen LogP contribution is 2.34. The average Bonchev–Trinajstić information content (AvgIpc) is 3.20. The molecule has 2 aromatic heterocycles. The number of nitrogens with one attached hydrogen (secondary N) is 2. The number of benzene rings is 3. The predicted molar refractivity (Wildman–Crippen MR) is 133 cm³/mol. The Morgan fingerprint density at radius 1 is 0.788 bits per heavy atom. The topological polar surface area (TPSA) is 80.5 Å². The molecule has 0 fully saturated rings. The number of rotatable bonds is 6. The van der Waals surface area contributed by atoms with E-state index >= 15 is 0 Å². The molecule has 0 aliphatic carbocycles. The Hall–Kier alpha value is -3.39. The van der Waals surface area contributed by atoms with E-state index in [1.54, 1.807) is 12.1 Å². The number of nitrogens with zero attached hydrogens (tertiary/aromatic N) is 5. The van der Waals surface area contributed by atoms with Crippen LogP contribution in [-0.4, -0.2) is 24.7 Å². The molecule has 0 spiro atoms. The molecule has 0 bridgehead atoms. The van der Waals surface area contributed by atoms with E-state index in [9.17, 15) is 0 Å². The minimum atomic E-state index is 0.296. The fourth-order valence-electron chi connectivity index (χ4n) is 3.35. The highest BCUT2D eigenvalue weighted by Gasteiger charge is 2.09. The third-order valence-electron chi connectivity index (χ3n) is 4.88. The summed E-state index contributed by atoms with van der Waals surface area (Å²) in [5, 5.41) is 12.8. The molecule has 0 aliphatic rings. The SMILES string of the molecule is Clc1cc(Nc2ncnc(Nc3ccc4c(cnn4Cc4ccccc4)c3)n2)cc(Cl)c1Cl. The minimum absolute atomic E-state index is 0.296. The Bertz CT molecular complexity index is 1410. The largest absolute Gasteiger partial charge is 0.324 e. The highest BCUT2D eigenvalue weighted by molar-refractivity contribution is 6.48. The van der Waals surface area contributed by atoms with E-state index in [-0.39, 0.29) is 0 Å². The molecule has 164 valence electrons. The lowest BCUT2D eigenvalue weighted by Crippen LogP contribution is -2.03. The summed E-state index contributed by atoms with van der Waals surface area (Å²) in [7, 11) is 0. The minimum Gasteiger partial charge on any atom is -0.324 e. The highest BCUT2D eigenvalue weighted by atomic mass is 35.5. The molecule has 5 aromatic rings. The molecule has 0 unspecified atom stereocenters. The summed E-state index contributed by atoms with van der Waals surface area (Å²) in [5.41, 5.74) is 3.67. The number of anilines is 4. The normalized spacial score (nSPS) is 11.0. The Morgan fingerprint density at radius 3 is 2.21 bits per heavy atom. The molecule has 5 rings (SSSR count). The molecule has 33 heavy (non-hydrogen) atoms. The van der Waals surface area contributed by atoms with E-state index in [0.717, 1.165) is 16.6 Å². The lowest BCUT2D eigenvalue weighted by molar-refractivity contribution is 0.712. The molecule has 0 saturated carbocycles. The maximum atomic E-state index is 6.09. The Balaban J connectivity index is 1.33. The van der Waals surface area contributed by atoms with Crippen molar-refractivity contribution in [3.63, 3.8) is 0 Å². The number of halogens is 3. The molecule has 0 radical (unpaired) electrons. The number of fused-ring (bicyclic) bond motifs is 1. The van der Waals surface area contributed by atoms with Crippen LogP contribution < -0.4 is 10.6 Å². The van der Waals surface area contributed by atoms with Crippen LogP contribution in [0.1, 0.15) is 5.56 Å². The van der Waals surface area contributed by atoms with Gasteiger partial charge >= 0.3 is 0 Å². The molecule has 0 aliphatic heterocycles. The van der Waals surface area contributed by atoms with Gasteiger partial charge in [-0.2, -0.15) is 10.1 Å². The summed E-state index contributed by atoms with van der Waals surface area (Å²) < 4.78 is 1.97. The van der Waals surface area contributed by atoms with Gasteiger partial charge in [0.05, 0.1) is 33.3 Å². The third-order valence-corrected chi connectivity index (χ3v) is 6.08. The molecular formula is C23H16Cl3N7. The van der Waals surface area contributed by atoms with Crippen LogP contribution in [-0.2, 0) is 6.54 Å². The van der Waals surface area contributed by atoms with Crippen LogP contribution in [0.25, 0.3) is 10.9 Å². The summed E-state index contributed by atoms with van der Waals surface area (Å²) in [6.07, 6.45) is 3.26. The number of hydrogen-bond donors (Lipinski definition) is 2. The van der Waals surface area contributed by atoms with Gasteiger partial charge in [-0.3, -0.25) is 4.68 Å². The van der Waals surface area contributed by atoms with Gasteiger partial charge in [0.15, 0.2) is 0 Å². The molecule has 3 aromatic carbocycles. The first kappa shape index (κ1) is 21.5. The molecular weight excluding hydrogens is 481 g/mol. The van der Waals surface area contributed by atoms with Crippen molar-refractivity contribution in [1.82, 2.24) is 24.7 Å². The summed E-state index contributed by atoms with van der Waals surface area (Å²) >= 11 is 18.2. The van der Waals surface area contributed by atoms with Gasteiger partial charge in [-0.05, 0) is 35.9 Å². The standard InChI is InChI=1S/C23H16Cl3N7/c24-18-9-17(10-19(25)21(18)26)31-23-28-13-27-22(32-23)30-16-6-7-20-15(8-16)11-29-33(20)12-14-4-2-1-3-5-14/h1-11,13H,12H2,(H2,27,28,30,31,32). The lowest BCUT2D eigenvalue weighted by atomic mass is 10.2. The van der Waals surface area contributed by atoms with E-state index in [2.05, 4.69) is 42.8 Å². The van der Waals surface area contributed by atoms with Gasteiger partial charge in [0.2, 0.25) is 11.9 Å². The quantitative estimate of drug-likeness (QED) is 0.254. The van der Waals surface area contributed by atoms with Crippen LogP contribution in [0.3, 0.4) is 0 Å². The fraction of sp³-hybridized carbons (Fsp3) is 0.0435. The first-order chi connectivity index (χ1) is 16.0. The summed E-state index contributed by atoms with van der Waals surface area (Å²) in [4.78, 5) is 12.7. The Morgan fingerprint density at radius 2 is 1.48 bits per heavy atom. The maximum absolute atomic E-state index is 6.09. The Labute approximate surface area is 204 Å². The van der Waals surface area contributed by atoms with Gasteiger partial charge in [-0.25, -0.2) is 9.97 Å². The van der Waals surface area contributed by atoms with E-state index < -0.39 is 0 Å². The van der Waals surface area contributed by atoms with Gasteiger partial charge in [0.1, 0.15) is 6.33 Å². The van der Waals surface area contributed by atoms with Gasteiger partial charge in [-0.15, -0.1) is 0 Å². The van der Waals surface area contributed by atoms with Crippen LogP contribution in [0.4, 0.5) is 23.3 Å². The van der Waals surface area contributed by atoms with Crippen molar-refractivity contribution in [2.45, 2.75) is 6.54 Å². The second-order valence-corrected chi connectivity index (χ2v) is 8.39. The van der Waals surface area contributed by atoms with Gasteiger partial charge in [-0.1, -0.05) is 65.1 Å². The number of hydrogen-bond acceptors (Lipinski definition) is 6. The van der Waals surface area contributed by atoms with Crippen LogP contribution in [0.5, 0.6) is 0 Å². The predicted octanol–water partition coefficient (Wildman–Crippen LogP) is 6.72. The molecule has 7 nitrogen and oxygen atoms in total. The molecule has 2 heterocycles. The van der Waals surface area contributed by atoms with Gasteiger partial charge in [0.25, 0.3) is 0 Å². The molecule has 0 atom stereocenters. The van der Waals surface area contributed by atoms with Crippen LogP contribution in [0.2, 0.25) is 15.1 Å². The van der Waals surface area contributed by atoms with Crippen molar-refractivity contribution in [3.05, 3.63) is 93.8 Å². The zero-order chi connectivity index (χ0) is 22.8. The zero-order valence-electron chi connectivity index (χ0n) is 17.0. The molecule has 0 amide bonds. The van der Waals surface area contributed by atoms with Crippen molar-refractivity contribution >= 4 is 69.0 Å². The fourth-order valence-corrected chi connectivity index (χ4v) is 3.95. The van der Waals surface area contributed by atoms with Crippen LogP contribution in [0, 0.1) is 0 Å². The van der Waals surface area contributed by atoms with Crippen molar-refractivity contribution in [2.75, 3.05) is 10.6 Å². The smallest absolute Gasteiger partial charge is 0.232 e. The second kappa shape index (κ2) is 9.23. The summed E-state index contributed by atoms with van der Waals surface area (Å²) in [5.74, 6) is 0.716. The lowest BCUT2D eigenvalue weighted by Gasteiger charge is -2.09. The summed E-state index contributed by atoms with van der Waals surface area (Å²) in [6.45, 7) is 0.707. The van der Waals surface area contributed by atoms with Crippen molar-refractivity contribution < 1.29 is 0 Å². The van der Waals surface area contributed by atoms with Crippen molar-refractivity contribution in [3.8, 4) is 0 Å². The van der Waals surface area contributed by atoms with E-state index in [1.807, 2.05) is 47.3 Å². The van der Waals surface area contributed by atoms with E-state index in [1.165, 1.54) is 11.9 Å². The maximum Gasteiger partial charge on any atom is 0.232 e. The van der Waals surface area contributed by atoms with Gasteiger partial charge < -0.3 is 10.6 Å². The van der Waals surface area contributed by atoms with E-state index in [4.69, 9.17) is 34.8 Å². The van der Waals surface area contributed by atoms with E-state index in [0.29, 0.717) is 39.2 Å². The average molecular weight is 497 g/mol. The van der Waals surface area contributed by atoms with Crippen LogP contribution in [0.15, 0.2) is 73.2 Å². The Kier molecular flexibility index (Phi) is 6.00. The third kappa shape index (κ3) is 4.85. The number of aromatic nitrogens is 5. The molecule has 2 N–H and O–H groups in total. The zero-order valence-corrected chi connectivity index (χ0v) is 19.3. The van der Waals surface area contributed by atoms with Crippen molar-refractivity contribution in [2.24, 2.45) is 0 Å². The first-order valence-corrected chi connectivity index (χ1v) is 11.1. The summed E-state index contributed by atoms with van der Waals surface area (Å²) in [6, 6.07) is 19.5. The molecule has 10 heteroatoms. The van der Waals surface area contributed by atoms with Gasteiger partial charge in [0, 0.05) is 16.8 Å². The molecule has 0 saturated heterocycles. The first-order valence-electron chi connectivity index (χ1n) is 9.92. The monoisotopic (exact) mass is 495 g/mol. The van der Waals surface area contributed by atoms with Crippen molar-refractivity contribution in [1.29, 1.82) is 0 Å².